The molecular weight excluding hydrogens is 226 g/mol. The summed E-state index contributed by atoms with van der Waals surface area (Å²) in [6.45, 7) is 3.53. The lowest BCUT2D eigenvalue weighted by Crippen LogP contribution is -2.24. The van der Waals surface area contributed by atoms with Crippen LogP contribution in [0.5, 0.6) is 0 Å². The Morgan fingerprint density at radius 3 is 2.50 bits per heavy atom. The van der Waals surface area contributed by atoms with E-state index < -0.39 is 0 Å². The molecule has 1 amide bonds. The summed E-state index contributed by atoms with van der Waals surface area (Å²) in [6.07, 6.45) is 4.70. The van der Waals surface area contributed by atoms with Gasteiger partial charge in [0.2, 0.25) is 0 Å². The van der Waals surface area contributed by atoms with Gasteiger partial charge in [-0.25, -0.2) is 0 Å². The van der Waals surface area contributed by atoms with Gasteiger partial charge in [-0.1, -0.05) is 38.3 Å². The van der Waals surface area contributed by atoms with Crippen molar-refractivity contribution in [3.63, 3.8) is 0 Å². The van der Waals surface area contributed by atoms with Crippen molar-refractivity contribution in [3.05, 3.63) is 35.4 Å². The molecule has 0 aromatic heterocycles. The van der Waals surface area contributed by atoms with Crippen molar-refractivity contribution < 1.29 is 9.53 Å². The summed E-state index contributed by atoms with van der Waals surface area (Å²) in [5.41, 5.74) is 1.79. The maximum absolute atomic E-state index is 11.8. The quantitative estimate of drug-likeness (QED) is 0.719. The topological polar surface area (TPSA) is 38.3 Å². The van der Waals surface area contributed by atoms with Gasteiger partial charge in [-0.3, -0.25) is 4.79 Å². The van der Waals surface area contributed by atoms with E-state index in [1.807, 2.05) is 24.3 Å². The zero-order valence-corrected chi connectivity index (χ0v) is 11.4. The van der Waals surface area contributed by atoms with Gasteiger partial charge in [-0.2, -0.15) is 0 Å². The van der Waals surface area contributed by atoms with E-state index in [0.717, 1.165) is 18.5 Å². The Hall–Kier alpha value is -1.35. The summed E-state index contributed by atoms with van der Waals surface area (Å²) >= 11 is 0. The molecule has 0 saturated carbocycles. The summed E-state index contributed by atoms with van der Waals surface area (Å²) in [4.78, 5) is 11.8. The second-order valence-corrected chi connectivity index (χ2v) is 4.45. The van der Waals surface area contributed by atoms with Gasteiger partial charge in [-0.15, -0.1) is 0 Å². The van der Waals surface area contributed by atoms with Crippen LogP contribution >= 0.6 is 0 Å². The molecule has 1 N–H and O–H groups in total. The fourth-order valence-electron chi connectivity index (χ4n) is 1.77. The van der Waals surface area contributed by atoms with Crippen LogP contribution in [0.2, 0.25) is 0 Å². The first-order chi connectivity index (χ1) is 8.77. The van der Waals surface area contributed by atoms with Crippen LogP contribution in [0, 0.1) is 0 Å². The number of ether oxygens (including phenoxy) is 1. The molecule has 0 radical (unpaired) electrons. The Bertz CT molecular complexity index is 346. The monoisotopic (exact) mass is 249 g/mol. The van der Waals surface area contributed by atoms with Crippen LogP contribution in [0.15, 0.2) is 24.3 Å². The Morgan fingerprint density at radius 2 is 1.89 bits per heavy atom. The van der Waals surface area contributed by atoms with Crippen LogP contribution in [-0.2, 0) is 11.3 Å². The molecule has 1 rings (SSSR count). The summed E-state index contributed by atoms with van der Waals surface area (Å²) in [7, 11) is 1.66. The first kappa shape index (κ1) is 14.7. The van der Waals surface area contributed by atoms with Crippen LogP contribution in [0.25, 0.3) is 0 Å². The number of hydrogen-bond acceptors (Lipinski definition) is 2. The van der Waals surface area contributed by atoms with Crippen molar-refractivity contribution in [2.24, 2.45) is 0 Å². The lowest BCUT2D eigenvalue weighted by molar-refractivity contribution is 0.0953. The van der Waals surface area contributed by atoms with E-state index in [-0.39, 0.29) is 5.91 Å². The van der Waals surface area contributed by atoms with E-state index in [9.17, 15) is 4.79 Å². The number of amides is 1. The Morgan fingerprint density at radius 1 is 1.17 bits per heavy atom. The molecule has 1 aromatic rings. The van der Waals surface area contributed by atoms with Crippen LogP contribution < -0.4 is 5.32 Å². The fourth-order valence-corrected chi connectivity index (χ4v) is 1.77. The highest BCUT2D eigenvalue weighted by atomic mass is 16.5. The van der Waals surface area contributed by atoms with Gasteiger partial charge in [0.1, 0.15) is 0 Å². The molecular formula is C15H23NO2. The zero-order chi connectivity index (χ0) is 13.2. The van der Waals surface area contributed by atoms with Crippen LogP contribution in [0.3, 0.4) is 0 Å². The molecule has 0 aliphatic heterocycles. The molecule has 0 aliphatic carbocycles. The number of benzene rings is 1. The van der Waals surface area contributed by atoms with Gasteiger partial charge >= 0.3 is 0 Å². The van der Waals surface area contributed by atoms with Gasteiger partial charge in [0, 0.05) is 19.2 Å². The predicted molar refractivity (Wildman–Crippen MR) is 73.6 cm³/mol. The molecule has 0 spiro atoms. The lowest BCUT2D eigenvalue weighted by Gasteiger charge is -2.06. The van der Waals surface area contributed by atoms with Crippen molar-refractivity contribution >= 4 is 5.91 Å². The zero-order valence-electron chi connectivity index (χ0n) is 11.4. The molecule has 0 saturated heterocycles. The lowest BCUT2D eigenvalue weighted by atomic mass is 10.1. The van der Waals surface area contributed by atoms with Gasteiger partial charge in [0.25, 0.3) is 5.91 Å². The molecule has 18 heavy (non-hydrogen) atoms. The number of unbranched alkanes of at least 4 members (excludes halogenated alkanes) is 3. The van der Waals surface area contributed by atoms with E-state index in [4.69, 9.17) is 4.74 Å². The molecule has 3 nitrogen and oxygen atoms in total. The first-order valence-corrected chi connectivity index (χ1v) is 6.64. The molecule has 0 aliphatic rings. The summed E-state index contributed by atoms with van der Waals surface area (Å²) in [5, 5.41) is 2.94. The van der Waals surface area contributed by atoms with Gasteiger partial charge in [0.05, 0.1) is 6.61 Å². The smallest absolute Gasteiger partial charge is 0.251 e. The highest BCUT2D eigenvalue weighted by Gasteiger charge is 2.04. The summed E-state index contributed by atoms with van der Waals surface area (Å²) in [5.74, 6) is 0.00969. The number of hydrogen-bond donors (Lipinski definition) is 1. The molecule has 0 bridgehead atoms. The molecule has 100 valence electrons. The minimum absolute atomic E-state index is 0.00969. The molecule has 0 atom stereocenters. The third kappa shape index (κ3) is 5.32. The van der Waals surface area contributed by atoms with Crippen LogP contribution in [0.1, 0.15) is 48.5 Å². The Kier molecular flexibility index (Phi) is 7.11. The SMILES string of the molecule is CCCCCCNC(=O)c1ccc(COC)cc1. The van der Waals surface area contributed by atoms with E-state index in [1.165, 1.54) is 19.3 Å². The molecule has 0 fully saturated rings. The normalized spacial score (nSPS) is 10.3. The number of carbonyl (C=O) groups excluding carboxylic acids is 1. The number of nitrogens with one attached hydrogen (secondary N) is 1. The minimum Gasteiger partial charge on any atom is -0.380 e. The van der Waals surface area contributed by atoms with E-state index in [0.29, 0.717) is 12.2 Å². The highest BCUT2D eigenvalue weighted by Crippen LogP contribution is 2.05. The van der Waals surface area contributed by atoms with Gasteiger partial charge in [0.15, 0.2) is 0 Å². The number of rotatable bonds is 8. The Labute approximate surface area is 110 Å². The fraction of sp³-hybridized carbons (Fsp3) is 0.533. The highest BCUT2D eigenvalue weighted by molar-refractivity contribution is 5.94. The van der Waals surface area contributed by atoms with Gasteiger partial charge < -0.3 is 10.1 Å². The second-order valence-electron chi connectivity index (χ2n) is 4.45. The minimum atomic E-state index is 0.00969. The summed E-state index contributed by atoms with van der Waals surface area (Å²) < 4.78 is 5.03. The first-order valence-electron chi connectivity index (χ1n) is 6.64. The molecule has 3 heteroatoms. The van der Waals surface area contributed by atoms with Crippen molar-refractivity contribution in [3.8, 4) is 0 Å². The van der Waals surface area contributed by atoms with Crippen molar-refractivity contribution in [1.29, 1.82) is 0 Å². The van der Waals surface area contributed by atoms with Crippen molar-refractivity contribution in [1.82, 2.24) is 5.32 Å². The average Bonchev–Trinajstić information content (AvgIpc) is 2.39. The number of methoxy groups -OCH3 is 1. The Balaban J connectivity index is 2.32. The second kappa shape index (κ2) is 8.70. The summed E-state index contributed by atoms with van der Waals surface area (Å²) in [6, 6.07) is 7.54. The predicted octanol–water partition coefficient (Wildman–Crippen LogP) is 3.14. The maximum atomic E-state index is 11.8. The van der Waals surface area contributed by atoms with E-state index in [2.05, 4.69) is 12.2 Å². The maximum Gasteiger partial charge on any atom is 0.251 e. The van der Waals surface area contributed by atoms with Crippen molar-refractivity contribution in [2.75, 3.05) is 13.7 Å². The van der Waals surface area contributed by atoms with Crippen molar-refractivity contribution in [2.45, 2.75) is 39.2 Å². The van der Waals surface area contributed by atoms with E-state index in [1.54, 1.807) is 7.11 Å². The number of carbonyl (C=O) groups is 1. The largest absolute Gasteiger partial charge is 0.380 e. The van der Waals surface area contributed by atoms with E-state index >= 15 is 0 Å². The van der Waals surface area contributed by atoms with Gasteiger partial charge in [-0.05, 0) is 24.1 Å². The van der Waals surface area contributed by atoms with Crippen LogP contribution in [0.4, 0.5) is 0 Å². The average molecular weight is 249 g/mol. The molecule has 0 unspecified atom stereocenters. The third-order valence-electron chi connectivity index (χ3n) is 2.84. The molecule has 0 heterocycles. The molecule has 1 aromatic carbocycles. The standard InChI is InChI=1S/C15H23NO2/c1-3-4-5-6-11-16-15(17)14-9-7-13(8-10-14)12-18-2/h7-10H,3-6,11-12H2,1-2H3,(H,16,17). The van der Waals surface area contributed by atoms with Crippen LogP contribution in [-0.4, -0.2) is 19.6 Å². The third-order valence-corrected chi connectivity index (χ3v) is 2.84.